The lowest BCUT2D eigenvalue weighted by atomic mass is 10.0. The van der Waals surface area contributed by atoms with Crippen molar-refractivity contribution in [3.8, 4) is 0 Å². The highest BCUT2D eigenvalue weighted by Crippen LogP contribution is 2.15. The summed E-state index contributed by atoms with van der Waals surface area (Å²) in [6.07, 6.45) is 35.2. The lowest BCUT2D eigenvalue weighted by molar-refractivity contribution is -0.167. The van der Waals surface area contributed by atoms with E-state index in [9.17, 15) is 14.4 Å². The topological polar surface area (TPSA) is 78.9 Å². The van der Waals surface area contributed by atoms with E-state index in [1.54, 1.807) is 0 Å². The fraction of sp³-hybridized carbons (Fsp3) is 0.930. The zero-order valence-electron chi connectivity index (χ0n) is 33.1. The molecule has 49 heavy (non-hydrogen) atoms. The van der Waals surface area contributed by atoms with Crippen molar-refractivity contribution in [2.75, 3.05) is 13.2 Å². The van der Waals surface area contributed by atoms with Gasteiger partial charge in [0.1, 0.15) is 13.2 Å². The van der Waals surface area contributed by atoms with E-state index >= 15 is 0 Å². The molecule has 0 aromatic rings. The molecule has 0 rings (SSSR count). The van der Waals surface area contributed by atoms with Crippen molar-refractivity contribution in [2.24, 2.45) is 5.92 Å². The predicted octanol–water partition coefficient (Wildman–Crippen LogP) is 13.2. The fourth-order valence-electron chi connectivity index (χ4n) is 6.27. The van der Waals surface area contributed by atoms with Crippen LogP contribution in [0.25, 0.3) is 0 Å². The fourth-order valence-corrected chi connectivity index (χ4v) is 6.27. The van der Waals surface area contributed by atoms with Gasteiger partial charge in [0.2, 0.25) is 0 Å². The first-order chi connectivity index (χ1) is 23.9. The number of rotatable bonds is 38. The van der Waals surface area contributed by atoms with E-state index in [4.69, 9.17) is 14.2 Å². The minimum absolute atomic E-state index is 0.0648. The molecule has 6 nitrogen and oxygen atoms in total. The number of ether oxygens (including phenoxy) is 3. The highest BCUT2D eigenvalue weighted by molar-refractivity contribution is 5.71. The van der Waals surface area contributed by atoms with Crippen LogP contribution >= 0.6 is 0 Å². The highest BCUT2D eigenvalue weighted by atomic mass is 16.6. The molecule has 1 atom stereocenters. The third kappa shape index (κ3) is 37.5. The van der Waals surface area contributed by atoms with Crippen LogP contribution in [0.1, 0.15) is 233 Å². The van der Waals surface area contributed by atoms with Crippen LogP contribution in [0.4, 0.5) is 0 Å². The summed E-state index contributed by atoms with van der Waals surface area (Å²) in [4.78, 5) is 37.5. The van der Waals surface area contributed by atoms with Gasteiger partial charge in [0.05, 0.1) is 0 Å². The van der Waals surface area contributed by atoms with Crippen molar-refractivity contribution in [3.63, 3.8) is 0 Å². The largest absolute Gasteiger partial charge is 0.462 e. The van der Waals surface area contributed by atoms with E-state index in [1.165, 1.54) is 128 Å². The van der Waals surface area contributed by atoms with Crippen molar-refractivity contribution in [1.29, 1.82) is 0 Å². The first kappa shape index (κ1) is 47.4. The Morgan fingerprint density at radius 3 is 1.00 bits per heavy atom. The van der Waals surface area contributed by atoms with Gasteiger partial charge >= 0.3 is 17.9 Å². The van der Waals surface area contributed by atoms with Gasteiger partial charge in [-0.1, -0.05) is 195 Å². The van der Waals surface area contributed by atoms with Crippen molar-refractivity contribution in [2.45, 2.75) is 239 Å². The monoisotopic (exact) mass is 695 g/mol. The van der Waals surface area contributed by atoms with Crippen LogP contribution in [0.3, 0.4) is 0 Å². The molecule has 290 valence electrons. The smallest absolute Gasteiger partial charge is 0.306 e. The Hall–Kier alpha value is -1.59. The minimum atomic E-state index is -0.758. The Labute approximate surface area is 304 Å². The van der Waals surface area contributed by atoms with E-state index in [0.717, 1.165) is 63.7 Å². The summed E-state index contributed by atoms with van der Waals surface area (Å²) in [6.45, 7) is 8.91. The Balaban J connectivity index is 4.34. The van der Waals surface area contributed by atoms with Gasteiger partial charge in [-0.05, 0) is 25.2 Å². The molecule has 0 saturated heterocycles. The van der Waals surface area contributed by atoms with Crippen molar-refractivity contribution in [3.05, 3.63) is 0 Å². The molecule has 0 aliphatic carbocycles. The van der Waals surface area contributed by atoms with Crippen LogP contribution in [0, 0.1) is 5.92 Å². The van der Waals surface area contributed by atoms with Gasteiger partial charge in [-0.25, -0.2) is 0 Å². The second-order valence-corrected chi connectivity index (χ2v) is 15.1. The van der Waals surface area contributed by atoms with Crippen molar-refractivity contribution >= 4 is 17.9 Å². The molecule has 0 aromatic carbocycles. The number of carbonyl (C=O) groups is 3. The highest BCUT2D eigenvalue weighted by Gasteiger charge is 2.19. The van der Waals surface area contributed by atoms with E-state index in [2.05, 4.69) is 27.7 Å². The third-order valence-corrected chi connectivity index (χ3v) is 9.54. The zero-order chi connectivity index (χ0) is 36.0. The molecule has 0 heterocycles. The summed E-state index contributed by atoms with van der Waals surface area (Å²) in [5.74, 6) is -0.0809. The summed E-state index contributed by atoms with van der Waals surface area (Å²) in [5.41, 5.74) is 0. The molecule has 0 aromatic heterocycles. The molecule has 0 unspecified atom stereocenters. The lowest BCUT2D eigenvalue weighted by Crippen LogP contribution is -2.30. The first-order valence-electron chi connectivity index (χ1n) is 21.4. The second-order valence-electron chi connectivity index (χ2n) is 15.1. The van der Waals surface area contributed by atoms with E-state index in [1.807, 2.05) is 0 Å². The molecular weight excluding hydrogens is 612 g/mol. The Morgan fingerprint density at radius 2 is 0.673 bits per heavy atom. The van der Waals surface area contributed by atoms with Crippen LogP contribution in [-0.2, 0) is 28.6 Å². The third-order valence-electron chi connectivity index (χ3n) is 9.54. The molecular formula is C43H82O6. The van der Waals surface area contributed by atoms with Gasteiger partial charge < -0.3 is 14.2 Å². The summed E-state index contributed by atoms with van der Waals surface area (Å²) in [5, 5.41) is 0. The molecule has 0 amide bonds. The van der Waals surface area contributed by atoms with Crippen LogP contribution < -0.4 is 0 Å². The molecule has 0 N–H and O–H groups in total. The maximum atomic E-state index is 12.6. The van der Waals surface area contributed by atoms with Crippen LogP contribution in [0.5, 0.6) is 0 Å². The normalized spacial score (nSPS) is 11.9. The summed E-state index contributed by atoms with van der Waals surface area (Å²) < 4.78 is 16.6. The van der Waals surface area contributed by atoms with Gasteiger partial charge in [0.15, 0.2) is 6.10 Å². The van der Waals surface area contributed by atoms with Crippen LogP contribution in [0.15, 0.2) is 0 Å². The van der Waals surface area contributed by atoms with Gasteiger partial charge in [-0.2, -0.15) is 0 Å². The standard InChI is InChI=1S/C43H82O6/c1-5-7-9-11-13-15-17-19-23-28-32-36-43(46)49-40(37-47-41(44)34-30-26-22-18-16-14-12-10-8-6-2)38-48-42(45)35-31-27-24-20-21-25-29-33-39(3)4/h39-40H,5-38H2,1-4H3/t40-/m0/s1. The van der Waals surface area contributed by atoms with Gasteiger partial charge in [0, 0.05) is 19.3 Å². The first-order valence-corrected chi connectivity index (χ1v) is 21.4. The summed E-state index contributed by atoms with van der Waals surface area (Å²) in [6, 6.07) is 0. The van der Waals surface area contributed by atoms with Crippen molar-refractivity contribution in [1.82, 2.24) is 0 Å². The van der Waals surface area contributed by atoms with Crippen LogP contribution in [0.2, 0.25) is 0 Å². The van der Waals surface area contributed by atoms with Crippen LogP contribution in [-0.4, -0.2) is 37.2 Å². The number of hydrogen-bond acceptors (Lipinski definition) is 6. The summed E-state index contributed by atoms with van der Waals surface area (Å²) in [7, 11) is 0. The number of unbranched alkanes of at least 4 members (excludes halogenated alkanes) is 25. The molecule has 0 aliphatic heterocycles. The SMILES string of the molecule is CCCCCCCCCCCCCC(=O)O[C@@H](COC(=O)CCCCCCCCCCCC)COC(=O)CCCCCCCCCC(C)C. The van der Waals surface area contributed by atoms with E-state index in [-0.39, 0.29) is 31.1 Å². The molecule has 0 spiro atoms. The molecule has 6 heteroatoms. The average Bonchev–Trinajstić information content (AvgIpc) is 3.08. The van der Waals surface area contributed by atoms with E-state index in [0.29, 0.717) is 19.3 Å². The lowest BCUT2D eigenvalue weighted by Gasteiger charge is -2.18. The Bertz CT molecular complexity index is 736. The second kappa shape index (κ2) is 37.7. The van der Waals surface area contributed by atoms with Gasteiger partial charge in [-0.3, -0.25) is 14.4 Å². The molecule has 0 aliphatic rings. The molecule has 0 saturated carbocycles. The summed E-state index contributed by atoms with van der Waals surface area (Å²) >= 11 is 0. The molecule has 0 radical (unpaired) electrons. The van der Waals surface area contributed by atoms with Crippen molar-refractivity contribution < 1.29 is 28.6 Å². The number of carbonyl (C=O) groups excluding carboxylic acids is 3. The van der Waals surface area contributed by atoms with Gasteiger partial charge in [0.25, 0.3) is 0 Å². The maximum Gasteiger partial charge on any atom is 0.306 e. The molecule has 0 bridgehead atoms. The maximum absolute atomic E-state index is 12.6. The number of hydrogen-bond donors (Lipinski definition) is 0. The van der Waals surface area contributed by atoms with Gasteiger partial charge in [-0.15, -0.1) is 0 Å². The Kier molecular flexibility index (Phi) is 36.4. The molecule has 0 fully saturated rings. The number of esters is 3. The van der Waals surface area contributed by atoms with E-state index < -0.39 is 6.10 Å². The average molecular weight is 695 g/mol. The zero-order valence-corrected chi connectivity index (χ0v) is 33.1. The quantitative estimate of drug-likeness (QED) is 0.0364. The minimum Gasteiger partial charge on any atom is -0.462 e. The predicted molar refractivity (Wildman–Crippen MR) is 206 cm³/mol. The Morgan fingerprint density at radius 1 is 0.388 bits per heavy atom.